The standard InChI is InChI=1S/C17H27N3O2/c1-13-7-8-18-16(10-13)22-12-17(2,3)19-15(21)11-14-6-5-9-20(14)4/h7-8,10,14H,5-6,9,11-12H2,1-4H3,(H,19,21). The summed E-state index contributed by atoms with van der Waals surface area (Å²) in [6, 6.07) is 4.19. The molecule has 0 spiro atoms. The average Bonchev–Trinajstić information content (AvgIpc) is 2.81. The van der Waals surface area contributed by atoms with Crippen LogP contribution in [0.4, 0.5) is 0 Å². The second-order valence-corrected chi connectivity index (χ2v) is 6.87. The number of carbonyl (C=O) groups is 1. The highest BCUT2D eigenvalue weighted by atomic mass is 16.5. The molecule has 0 aliphatic carbocycles. The second-order valence-electron chi connectivity index (χ2n) is 6.87. The van der Waals surface area contributed by atoms with Crippen molar-refractivity contribution in [2.24, 2.45) is 0 Å². The largest absolute Gasteiger partial charge is 0.475 e. The Hall–Kier alpha value is -1.62. The summed E-state index contributed by atoms with van der Waals surface area (Å²) < 4.78 is 5.71. The van der Waals surface area contributed by atoms with E-state index in [1.165, 1.54) is 6.42 Å². The lowest BCUT2D eigenvalue weighted by atomic mass is 10.1. The maximum absolute atomic E-state index is 12.2. The SMILES string of the molecule is Cc1ccnc(OCC(C)(C)NC(=O)CC2CCCN2C)c1. The number of amides is 1. The smallest absolute Gasteiger partial charge is 0.222 e. The van der Waals surface area contributed by atoms with Crippen molar-refractivity contribution in [1.82, 2.24) is 15.2 Å². The molecule has 1 saturated heterocycles. The highest BCUT2D eigenvalue weighted by Crippen LogP contribution is 2.18. The number of aryl methyl sites for hydroxylation is 1. The van der Waals surface area contributed by atoms with Crippen LogP contribution in [0.25, 0.3) is 0 Å². The van der Waals surface area contributed by atoms with E-state index in [9.17, 15) is 4.79 Å². The molecule has 1 aliphatic rings. The molecule has 2 heterocycles. The van der Waals surface area contributed by atoms with Gasteiger partial charge in [-0.25, -0.2) is 4.98 Å². The van der Waals surface area contributed by atoms with E-state index in [0.29, 0.717) is 24.9 Å². The summed E-state index contributed by atoms with van der Waals surface area (Å²) in [5, 5.41) is 3.07. The third kappa shape index (κ3) is 4.98. The van der Waals surface area contributed by atoms with Gasteiger partial charge in [-0.1, -0.05) is 0 Å². The van der Waals surface area contributed by atoms with Crippen molar-refractivity contribution in [3.8, 4) is 5.88 Å². The van der Waals surface area contributed by atoms with Gasteiger partial charge in [-0.2, -0.15) is 0 Å². The number of hydrogen-bond donors (Lipinski definition) is 1. The van der Waals surface area contributed by atoms with Crippen LogP contribution in [0.1, 0.15) is 38.7 Å². The molecule has 1 aromatic rings. The van der Waals surface area contributed by atoms with Gasteiger partial charge < -0.3 is 15.0 Å². The third-order valence-corrected chi connectivity index (χ3v) is 4.04. The molecule has 0 saturated carbocycles. The van der Waals surface area contributed by atoms with Crippen LogP contribution in [0.3, 0.4) is 0 Å². The Morgan fingerprint density at radius 1 is 1.55 bits per heavy atom. The van der Waals surface area contributed by atoms with Crippen LogP contribution in [0.15, 0.2) is 18.3 Å². The lowest BCUT2D eigenvalue weighted by Gasteiger charge is -2.27. The number of ether oxygens (including phenoxy) is 1. The van der Waals surface area contributed by atoms with Crippen LogP contribution in [0.5, 0.6) is 5.88 Å². The summed E-state index contributed by atoms with van der Waals surface area (Å²) in [6.07, 6.45) is 4.57. The van der Waals surface area contributed by atoms with Crippen molar-refractivity contribution in [1.29, 1.82) is 0 Å². The fourth-order valence-electron chi connectivity index (χ4n) is 2.76. The Bertz CT molecular complexity index is 516. The van der Waals surface area contributed by atoms with E-state index in [1.807, 2.05) is 32.9 Å². The first kappa shape index (κ1) is 16.7. The number of nitrogens with one attached hydrogen (secondary N) is 1. The van der Waals surface area contributed by atoms with Gasteiger partial charge in [0.15, 0.2) is 0 Å². The predicted octanol–water partition coefficient (Wildman–Crippen LogP) is 2.15. The monoisotopic (exact) mass is 305 g/mol. The third-order valence-electron chi connectivity index (χ3n) is 4.04. The molecule has 1 N–H and O–H groups in total. The summed E-state index contributed by atoms with van der Waals surface area (Å²) in [5.41, 5.74) is 0.691. The Kier molecular flexibility index (Phi) is 5.40. The van der Waals surface area contributed by atoms with Crippen molar-refractivity contribution in [3.05, 3.63) is 23.9 Å². The summed E-state index contributed by atoms with van der Waals surface area (Å²) >= 11 is 0. The van der Waals surface area contributed by atoms with Crippen molar-refractivity contribution < 1.29 is 9.53 Å². The first-order valence-corrected chi connectivity index (χ1v) is 7.92. The highest BCUT2D eigenvalue weighted by Gasteiger charge is 2.27. The van der Waals surface area contributed by atoms with Gasteiger partial charge in [0, 0.05) is 24.7 Å². The number of rotatable bonds is 6. The van der Waals surface area contributed by atoms with E-state index in [2.05, 4.69) is 22.2 Å². The molecular formula is C17H27N3O2. The summed E-state index contributed by atoms with van der Waals surface area (Å²) in [7, 11) is 2.09. The van der Waals surface area contributed by atoms with E-state index in [-0.39, 0.29) is 5.91 Å². The molecular weight excluding hydrogens is 278 g/mol. The number of hydrogen-bond acceptors (Lipinski definition) is 4. The summed E-state index contributed by atoms with van der Waals surface area (Å²) in [6.45, 7) is 7.43. The van der Waals surface area contributed by atoms with Crippen LogP contribution in [0.2, 0.25) is 0 Å². The van der Waals surface area contributed by atoms with Gasteiger partial charge in [-0.15, -0.1) is 0 Å². The minimum atomic E-state index is -0.417. The molecule has 5 nitrogen and oxygen atoms in total. The molecule has 22 heavy (non-hydrogen) atoms. The average molecular weight is 305 g/mol. The molecule has 1 unspecified atom stereocenters. The lowest BCUT2D eigenvalue weighted by Crippen LogP contribution is -2.49. The number of aromatic nitrogens is 1. The van der Waals surface area contributed by atoms with Crippen LogP contribution in [-0.4, -0.2) is 47.6 Å². The quantitative estimate of drug-likeness (QED) is 0.875. The minimum Gasteiger partial charge on any atom is -0.475 e. The van der Waals surface area contributed by atoms with Gasteiger partial charge >= 0.3 is 0 Å². The van der Waals surface area contributed by atoms with Gasteiger partial charge in [0.25, 0.3) is 0 Å². The number of carbonyl (C=O) groups excluding carboxylic acids is 1. The van der Waals surface area contributed by atoms with Crippen LogP contribution in [0, 0.1) is 6.92 Å². The zero-order valence-electron chi connectivity index (χ0n) is 14.1. The molecule has 0 bridgehead atoms. The minimum absolute atomic E-state index is 0.0875. The Morgan fingerprint density at radius 3 is 2.95 bits per heavy atom. The maximum Gasteiger partial charge on any atom is 0.222 e. The fraction of sp³-hybridized carbons (Fsp3) is 0.647. The molecule has 2 rings (SSSR count). The molecule has 1 aromatic heterocycles. The topological polar surface area (TPSA) is 54.5 Å². The number of pyridine rings is 1. The molecule has 5 heteroatoms. The zero-order chi connectivity index (χ0) is 16.2. The number of nitrogens with zero attached hydrogens (tertiary/aromatic N) is 2. The van der Waals surface area contributed by atoms with E-state index in [1.54, 1.807) is 6.20 Å². The van der Waals surface area contributed by atoms with E-state index in [4.69, 9.17) is 4.74 Å². The van der Waals surface area contributed by atoms with Crippen LogP contribution >= 0.6 is 0 Å². The van der Waals surface area contributed by atoms with E-state index >= 15 is 0 Å². The van der Waals surface area contributed by atoms with Gasteiger partial charge in [0.2, 0.25) is 11.8 Å². The molecule has 122 valence electrons. The van der Waals surface area contributed by atoms with Crippen molar-refractivity contribution in [3.63, 3.8) is 0 Å². The Balaban J connectivity index is 1.81. The predicted molar refractivity (Wildman–Crippen MR) is 87.0 cm³/mol. The van der Waals surface area contributed by atoms with E-state index in [0.717, 1.165) is 18.5 Å². The first-order valence-electron chi connectivity index (χ1n) is 7.92. The molecule has 0 aromatic carbocycles. The molecule has 0 radical (unpaired) electrons. The van der Waals surface area contributed by atoms with E-state index < -0.39 is 5.54 Å². The van der Waals surface area contributed by atoms with Crippen LogP contribution < -0.4 is 10.1 Å². The lowest BCUT2D eigenvalue weighted by molar-refractivity contribution is -0.124. The molecule has 1 aliphatic heterocycles. The van der Waals surface area contributed by atoms with Crippen molar-refractivity contribution in [2.75, 3.05) is 20.2 Å². The highest BCUT2D eigenvalue weighted by molar-refractivity contribution is 5.77. The molecule has 1 amide bonds. The number of likely N-dealkylation sites (tertiary alicyclic amines) is 1. The Morgan fingerprint density at radius 2 is 2.32 bits per heavy atom. The zero-order valence-corrected chi connectivity index (χ0v) is 14.1. The normalized spacial score (nSPS) is 19.2. The first-order chi connectivity index (χ1) is 10.4. The van der Waals surface area contributed by atoms with Gasteiger partial charge in [-0.3, -0.25) is 4.79 Å². The van der Waals surface area contributed by atoms with Crippen LogP contribution in [-0.2, 0) is 4.79 Å². The van der Waals surface area contributed by atoms with Gasteiger partial charge in [-0.05, 0) is 58.8 Å². The maximum atomic E-state index is 12.2. The molecule has 1 atom stereocenters. The van der Waals surface area contributed by atoms with Gasteiger partial charge in [0.1, 0.15) is 6.61 Å². The van der Waals surface area contributed by atoms with Gasteiger partial charge in [0.05, 0.1) is 5.54 Å². The van der Waals surface area contributed by atoms with Crippen molar-refractivity contribution >= 4 is 5.91 Å². The van der Waals surface area contributed by atoms with Crippen molar-refractivity contribution in [2.45, 2.75) is 51.6 Å². The summed E-state index contributed by atoms with van der Waals surface area (Å²) in [4.78, 5) is 18.7. The molecule has 1 fully saturated rings. The fourth-order valence-corrected chi connectivity index (χ4v) is 2.76. The summed E-state index contributed by atoms with van der Waals surface area (Å²) in [5.74, 6) is 0.683. The second kappa shape index (κ2) is 7.09. The Labute approximate surface area is 133 Å².